The monoisotopic (exact) mass is 1460 g/mol. The second-order valence-corrected chi connectivity index (χ2v) is 32.3. The smallest absolute Gasteiger partial charge is 0.462 e. The summed E-state index contributed by atoms with van der Waals surface area (Å²) in [7, 11) is -9.92. The largest absolute Gasteiger partial charge is 0.472 e. The van der Waals surface area contributed by atoms with Crippen LogP contribution in [0.25, 0.3) is 0 Å². The summed E-state index contributed by atoms with van der Waals surface area (Å²) >= 11 is 0. The number of carbonyl (C=O) groups is 4. The van der Waals surface area contributed by atoms with Crippen molar-refractivity contribution in [2.24, 2.45) is 11.8 Å². The Morgan fingerprint density at radius 1 is 0.310 bits per heavy atom. The molecule has 0 spiro atoms. The lowest BCUT2D eigenvalue weighted by Gasteiger charge is -2.21. The van der Waals surface area contributed by atoms with Crippen molar-refractivity contribution >= 4 is 39.5 Å². The lowest BCUT2D eigenvalue weighted by Crippen LogP contribution is -2.30. The van der Waals surface area contributed by atoms with Crippen molar-refractivity contribution in [3.05, 3.63) is 24.3 Å². The number of unbranched alkanes of at least 4 members (excludes halogenated alkanes) is 45. The summed E-state index contributed by atoms with van der Waals surface area (Å²) in [5.41, 5.74) is 0. The SMILES string of the molecule is CCCCCC/C=C\C=C/CCCCCCCC(=O)O[C@H](COC(=O)CCCCCCC)COP(=O)(O)OC[C@H](O)COP(=O)(O)OC[C@@H](COC(=O)CCCCCCCCCCCCCCCCCCC(C)C)OC(=O)CCCCCCCCCCCCCCCCCCCCC(C)C. The number of allylic oxidation sites excluding steroid dienone is 4. The quantitative estimate of drug-likeness (QED) is 0.0169. The van der Waals surface area contributed by atoms with Gasteiger partial charge in [-0.1, -0.05) is 348 Å². The number of esters is 4. The molecule has 0 aromatic carbocycles. The summed E-state index contributed by atoms with van der Waals surface area (Å²) < 4.78 is 68.4. The molecule has 0 rings (SSSR count). The normalized spacial score (nSPS) is 14.1. The van der Waals surface area contributed by atoms with Gasteiger partial charge in [0.2, 0.25) is 0 Å². The highest BCUT2D eigenvalue weighted by Gasteiger charge is 2.30. The Kier molecular flexibility index (Phi) is 70.3. The highest BCUT2D eigenvalue weighted by atomic mass is 31.2. The third-order valence-electron chi connectivity index (χ3n) is 18.3. The number of phosphoric acid groups is 2. The summed E-state index contributed by atoms with van der Waals surface area (Å²) in [5.74, 6) is -0.521. The van der Waals surface area contributed by atoms with Gasteiger partial charge in [0, 0.05) is 25.7 Å². The van der Waals surface area contributed by atoms with Crippen LogP contribution in [0.2, 0.25) is 0 Å². The zero-order valence-corrected chi connectivity index (χ0v) is 66.8. The zero-order valence-electron chi connectivity index (χ0n) is 65.0. The van der Waals surface area contributed by atoms with Crippen LogP contribution in [0.1, 0.15) is 401 Å². The maximum Gasteiger partial charge on any atom is 0.472 e. The third-order valence-corrected chi connectivity index (χ3v) is 20.2. The fourth-order valence-corrected chi connectivity index (χ4v) is 13.6. The first-order valence-corrected chi connectivity index (χ1v) is 44.3. The van der Waals surface area contributed by atoms with Crippen molar-refractivity contribution in [3.8, 4) is 0 Å². The number of hydrogen-bond donors (Lipinski definition) is 3. The van der Waals surface area contributed by atoms with Crippen LogP contribution in [0.5, 0.6) is 0 Å². The Bertz CT molecular complexity index is 2020. The van der Waals surface area contributed by atoms with Crippen LogP contribution in [0.3, 0.4) is 0 Å². The summed E-state index contributed by atoms with van der Waals surface area (Å²) in [5, 5.41) is 10.6. The molecule has 3 N–H and O–H groups in total. The van der Waals surface area contributed by atoms with E-state index in [-0.39, 0.29) is 25.7 Å². The van der Waals surface area contributed by atoms with E-state index in [1.54, 1.807) is 0 Å². The predicted molar refractivity (Wildman–Crippen MR) is 409 cm³/mol. The van der Waals surface area contributed by atoms with Crippen LogP contribution >= 0.6 is 15.6 Å². The number of hydrogen-bond acceptors (Lipinski definition) is 15. The Morgan fingerprint density at radius 3 is 0.820 bits per heavy atom. The fourth-order valence-electron chi connectivity index (χ4n) is 12.0. The average Bonchev–Trinajstić information content (AvgIpc) is 0.934. The minimum absolute atomic E-state index is 0.0843. The molecule has 17 nitrogen and oxygen atoms in total. The van der Waals surface area contributed by atoms with Gasteiger partial charge in [-0.3, -0.25) is 37.3 Å². The van der Waals surface area contributed by atoms with Crippen molar-refractivity contribution in [3.63, 3.8) is 0 Å². The second kappa shape index (κ2) is 72.1. The number of ether oxygens (including phenoxy) is 4. The van der Waals surface area contributed by atoms with Crippen molar-refractivity contribution in [1.82, 2.24) is 0 Å². The summed E-state index contributed by atoms with van der Waals surface area (Å²) in [6.45, 7) is 9.54. The maximum atomic E-state index is 13.1. The van der Waals surface area contributed by atoms with E-state index < -0.39 is 97.5 Å². The Labute approximate surface area is 612 Å². The third kappa shape index (κ3) is 73.8. The Balaban J connectivity index is 5.15. The van der Waals surface area contributed by atoms with E-state index in [2.05, 4.69) is 65.8 Å². The first-order valence-electron chi connectivity index (χ1n) is 41.3. The first kappa shape index (κ1) is 97.5. The van der Waals surface area contributed by atoms with Gasteiger partial charge in [-0.2, -0.15) is 0 Å². The molecule has 0 saturated carbocycles. The van der Waals surface area contributed by atoms with E-state index in [1.165, 1.54) is 199 Å². The van der Waals surface area contributed by atoms with Crippen molar-refractivity contribution < 1.29 is 80.2 Å². The van der Waals surface area contributed by atoms with Gasteiger partial charge < -0.3 is 33.8 Å². The average molecular weight is 1460 g/mol. The molecule has 0 aliphatic rings. The minimum atomic E-state index is -4.96. The predicted octanol–water partition coefficient (Wildman–Crippen LogP) is 23.8. The lowest BCUT2D eigenvalue weighted by atomic mass is 10.0. The number of phosphoric ester groups is 2. The zero-order chi connectivity index (χ0) is 73.5. The second-order valence-electron chi connectivity index (χ2n) is 29.4. The van der Waals surface area contributed by atoms with Gasteiger partial charge in [-0.05, 0) is 63.2 Å². The van der Waals surface area contributed by atoms with E-state index in [9.17, 15) is 43.2 Å². The molecule has 590 valence electrons. The summed E-state index contributed by atoms with van der Waals surface area (Å²) in [4.78, 5) is 72.7. The van der Waals surface area contributed by atoms with E-state index >= 15 is 0 Å². The molecule has 0 fully saturated rings. The number of aliphatic hydroxyl groups is 1. The molecule has 0 radical (unpaired) electrons. The molecule has 100 heavy (non-hydrogen) atoms. The van der Waals surface area contributed by atoms with Crippen LogP contribution in [-0.2, 0) is 65.4 Å². The van der Waals surface area contributed by atoms with Crippen LogP contribution < -0.4 is 0 Å². The molecule has 0 aliphatic heterocycles. The van der Waals surface area contributed by atoms with Crippen molar-refractivity contribution in [2.75, 3.05) is 39.6 Å². The molecule has 19 heteroatoms. The van der Waals surface area contributed by atoms with Gasteiger partial charge in [0.1, 0.15) is 19.3 Å². The van der Waals surface area contributed by atoms with E-state index in [0.29, 0.717) is 25.7 Å². The van der Waals surface area contributed by atoms with E-state index in [1.807, 2.05) is 0 Å². The highest BCUT2D eigenvalue weighted by molar-refractivity contribution is 7.47. The number of aliphatic hydroxyl groups excluding tert-OH is 1. The summed E-state index contributed by atoms with van der Waals surface area (Å²) in [6, 6.07) is 0. The van der Waals surface area contributed by atoms with Crippen molar-refractivity contribution in [1.29, 1.82) is 0 Å². The molecule has 0 aliphatic carbocycles. The van der Waals surface area contributed by atoms with Crippen LogP contribution in [0, 0.1) is 11.8 Å². The van der Waals surface area contributed by atoms with Gasteiger partial charge in [0.15, 0.2) is 12.2 Å². The van der Waals surface area contributed by atoms with Crippen molar-refractivity contribution in [2.45, 2.75) is 419 Å². The van der Waals surface area contributed by atoms with Gasteiger partial charge in [0.25, 0.3) is 0 Å². The molecule has 0 amide bonds. The van der Waals surface area contributed by atoms with Crippen LogP contribution in [-0.4, -0.2) is 96.7 Å². The molecule has 5 atom stereocenters. The number of carbonyl (C=O) groups excluding carboxylic acids is 4. The van der Waals surface area contributed by atoms with E-state index in [4.69, 9.17) is 37.0 Å². The molecule has 0 aromatic heterocycles. The minimum Gasteiger partial charge on any atom is -0.462 e. The molecule has 0 aromatic rings. The number of rotatable bonds is 78. The molecular weight excluding hydrogens is 1310 g/mol. The Morgan fingerprint density at radius 2 is 0.540 bits per heavy atom. The highest BCUT2D eigenvalue weighted by Crippen LogP contribution is 2.45. The Hall–Kier alpha value is -2.46. The standard InChI is InChI=1S/C81H154O17P2/c1-7-9-11-13-14-15-16-17-24-32-37-42-47-53-59-65-80(85)97-76(69-91-78(83)63-57-49-12-10-8-2)71-95-99(87,88)93-67-75(82)68-94-100(89,90)96-72-77(70-92-79(84)64-58-52-46-41-36-31-27-23-22-26-30-35-40-45-51-56-62-74(5)6)98-81(86)66-60-54-48-43-38-33-28-21-19-18-20-25-29-34-39-44-50-55-61-73(3)4/h15-17,24,73-77,82H,7-14,18-23,25-72H2,1-6H3,(H,87,88)(H,89,90)/b16-15-,24-17-/t75-,76+,77+/m0/s1. The van der Waals surface area contributed by atoms with Crippen LogP contribution in [0.4, 0.5) is 0 Å². The first-order chi connectivity index (χ1) is 48.4. The summed E-state index contributed by atoms with van der Waals surface area (Å²) in [6.07, 6.45) is 65.2. The molecule has 2 unspecified atom stereocenters. The van der Waals surface area contributed by atoms with Gasteiger partial charge in [0.05, 0.1) is 26.4 Å². The van der Waals surface area contributed by atoms with Gasteiger partial charge in [-0.15, -0.1) is 0 Å². The molecule has 0 bridgehead atoms. The fraction of sp³-hybridized carbons (Fsp3) is 0.901. The molecule has 0 saturated heterocycles. The molecular formula is C81H154O17P2. The van der Waals surface area contributed by atoms with Gasteiger partial charge in [-0.25, -0.2) is 9.13 Å². The topological polar surface area (TPSA) is 237 Å². The lowest BCUT2D eigenvalue weighted by molar-refractivity contribution is -0.161. The van der Waals surface area contributed by atoms with Gasteiger partial charge >= 0.3 is 39.5 Å². The van der Waals surface area contributed by atoms with E-state index in [0.717, 1.165) is 121 Å². The molecule has 0 heterocycles. The maximum absolute atomic E-state index is 13.1. The van der Waals surface area contributed by atoms with Crippen LogP contribution in [0.15, 0.2) is 24.3 Å².